The van der Waals surface area contributed by atoms with Crippen LogP contribution in [0.5, 0.6) is 6.01 Å². The molecule has 0 radical (unpaired) electrons. The molecule has 1 unspecified atom stereocenters. The number of piperidine rings is 1. The monoisotopic (exact) mass is 389 g/mol. The minimum Gasteiger partial charge on any atom is -0.459 e. The van der Waals surface area contributed by atoms with Crippen molar-refractivity contribution in [2.45, 2.75) is 23.8 Å². The summed E-state index contributed by atoms with van der Waals surface area (Å²) in [6, 6.07) is 2.31. The Balaban J connectivity index is 1.76. The van der Waals surface area contributed by atoms with E-state index >= 15 is 0 Å². The number of nitrogens with zero attached hydrogens (tertiary/aromatic N) is 3. The third-order valence-electron chi connectivity index (χ3n) is 3.68. The number of hydrogen-bond acceptors (Lipinski definition) is 5. The van der Waals surface area contributed by atoms with E-state index in [0.29, 0.717) is 23.9 Å². The molecule has 2 aromatic rings. The first-order chi connectivity index (χ1) is 11.8. The fraction of sp³-hybridized carbons (Fsp3) is 0.333. The molecular formula is C15H14ClF2N3O3S. The summed E-state index contributed by atoms with van der Waals surface area (Å²) < 4.78 is 58.7. The van der Waals surface area contributed by atoms with Gasteiger partial charge in [-0.15, -0.1) is 0 Å². The molecule has 1 aliphatic heterocycles. The van der Waals surface area contributed by atoms with E-state index in [9.17, 15) is 17.2 Å². The second kappa shape index (κ2) is 7.19. The molecule has 0 spiro atoms. The molecule has 25 heavy (non-hydrogen) atoms. The second-order valence-electron chi connectivity index (χ2n) is 5.53. The summed E-state index contributed by atoms with van der Waals surface area (Å²) in [5, 5.41) is 0.355. The Bertz CT molecular complexity index is 845. The summed E-state index contributed by atoms with van der Waals surface area (Å²) in [7, 11) is -4.03. The summed E-state index contributed by atoms with van der Waals surface area (Å²) in [5.74, 6) is -1.89. The van der Waals surface area contributed by atoms with Crippen molar-refractivity contribution in [2.24, 2.45) is 0 Å². The van der Waals surface area contributed by atoms with Gasteiger partial charge >= 0.3 is 6.01 Å². The van der Waals surface area contributed by atoms with Crippen molar-refractivity contribution in [3.8, 4) is 6.01 Å². The van der Waals surface area contributed by atoms with Crippen LogP contribution in [0.25, 0.3) is 0 Å². The molecular weight excluding hydrogens is 376 g/mol. The first-order valence-electron chi connectivity index (χ1n) is 7.45. The highest BCUT2D eigenvalue weighted by atomic mass is 35.5. The molecule has 1 aliphatic rings. The molecule has 1 aromatic carbocycles. The quantitative estimate of drug-likeness (QED) is 0.803. The molecule has 134 valence electrons. The molecule has 0 aliphatic carbocycles. The first-order valence-corrected chi connectivity index (χ1v) is 9.27. The van der Waals surface area contributed by atoms with Crippen molar-refractivity contribution >= 4 is 21.6 Å². The predicted octanol–water partition coefficient (Wildman–Crippen LogP) is 2.64. The van der Waals surface area contributed by atoms with Crippen molar-refractivity contribution in [2.75, 3.05) is 13.1 Å². The summed E-state index contributed by atoms with van der Waals surface area (Å²) in [6.45, 7) is 0.272. The third-order valence-corrected chi connectivity index (χ3v) is 5.72. The number of benzene rings is 1. The highest BCUT2D eigenvalue weighted by Crippen LogP contribution is 2.24. The molecule has 1 saturated heterocycles. The molecule has 10 heteroatoms. The van der Waals surface area contributed by atoms with Crippen molar-refractivity contribution in [1.82, 2.24) is 14.3 Å². The van der Waals surface area contributed by atoms with Crippen LogP contribution in [-0.2, 0) is 10.0 Å². The Morgan fingerprint density at radius 1 is 1.16 bits per heavy atom. The SMILES string of the molecule is O=S(=O)(c1cc(F)cc(F)c1)N1CCCC(Oc2ncc(Cl)cn2)C1. The molecule has 0 bridgehead atoms. The highest BCUT2D eigenvalue weighted by Gasteiger charge is 2.32. The van der Waals surface area contributed by atoms with Crippen LogP contribution in [0.2, 0.25) is 5.02 Å². The lowest BCUT2D eigenvalue weighted by Crippen LogP contribution is -2.44. The second-order valence-corrected chi connectivity index (χ2v) is 7.91. The van der Waals surface area contributed by atoms with Crippen LogP contribution in [0, 0.1) is 11.6 Å². The molecule has 3 rings (SSSR count). The maximum Gasteiger partial charge on any atom is 0.316 e. The first kappa shape index (κ1) is 18.0. The third kappa shape index (κ3) is 4.23. The van der Waals surface area contributed by atoms with Gasteiger partial charge in [-0.3, -0.25) is 0 Å². The normalized spacial score (nSPS) is 18.9. The van der Waals surface area contributed by atoms with Crippen molar-refractivity contribution < 1.29 is 21.9 Å². The van der Waals surface area contributed by atoms with Gasteiger partial charge in [-0.1, -0.05) is 11.6 Å². The lowest BCUT2D eigenvalue weighted by atomic mass is 10.1. The minimum absolute atomic E-state index is 0.0342. The zero-order valence-electron chi connectivity index (χ0n) is 12.9. The lowest BCUT2D eigenvalue weighted by Gasteiger charge is -2.31. The number of rotatable bonds is 4. The van der Waals surface area contributed by atoms with E-state index in [1.807, 2.05) is 0 Å². The van der Waals surface area contributed by atoms with Crippen LogP contribution >= 0.6 is 11.6 Å². The number of halogens is 3. The van der Waals surface area contributed by atoms with Gasteiger partial charge in [0.25, 0.3) is 0 Å². The fourth-order valence-corrected chi connectivity index (χ4v) is 4.21. The Morgan fingerprint density at radius 3 is 2.44 bits per heavy atom. The number of sulfonamides is 1. The number of aromatic nitrogens is 2. The fourth-order valence-electron chi connectivity index (χ4n) is 2.56. The molecule has 0 N–H and O–H groups in total. The zero-order chi connectivity index (χ0) is 18.0. The van der Waals surface area contributed by atoms with Gasteiger partial charge in [0, 0.05) is 12.6 Å². The molecule has 0 saturated carbocycles. The Hall–Kier alpha value is -1.84. The van der Waals surface area contributed by atoms with E-state index < -0.39 is 32.7 Å². The largest absolute Gasteiger partial charge is 0.459 e. The smallest absolute Gasteiger partial charge is 0.316 e. The van der Waals surface area contributed by atoms with Crippen molar-refractivity contribution in [3.63, 3.8) is 0 Å². The number of ether oxygens (including phenoxy) is 1. The van der Waals surface area contributed by atoms with Gasteiger partial charge in [-0.25, -0.2) is 27.2 Å². The maximum absolute atomic E-state index is 13.3. The molecule has 1 aromatic heterocycles. The van der Waals surface area contributed by atoms with Crippen LogP contribution in [0.3, 0.4) is 0 Å². The number of hydrogen-bond donors (Lipinski definition) is 0. The van der Waals surface area contributed by atoms with E-state index in [1.54, 1.807) is 0 Å². The Labute approximate surface area is 148 Å². The highest BCUT2D eigenvalue weighted by molar-refractivity contribution is 7.89. The van der Waals surface area contributed by atoms with Gasteiger partial charge in [0.05, 0.1) is 28.9 Å². The van der Waals surface area contributed by atoms with Crippen LogP contribution in [0.1, 0.15) is 12.8 Å². The van der Waals surface area contributed by atoms with Crippen LogP contribution < -0.4 is 4.74 Å². The van der Waals surface area contributed by atoms with Gasteiger partial charge in [0.1, 0.15) is 17.7 Å². The molecule has 2 heterocycles. The van der Waals surface area contributed by atoms with Gasteiger partial charge in [0.15, 0.2) is 0 Å². The van der Waals surface area contributed by atoms with Crippen LogP contribution in [0.15, 0.2) is 35.5 Å². The van der Waals surface area contributed by atoms with E-state index in [4.69, 9.17) is 16.3 Å². The molecule has 6 nitrogen and oxygen atoms in total. The average Bonchev–Trinajstić information content (AvgIpc) is 2.56. The summed E-state index contributed by atoms with van der Waals surface area (Å²) >= 11 is 5.70. The van der Waals surface area contributed by atoms with E-state index in [0.717, 1.165) is 16.4 Å². The van der Waals surface area contributed by atoms with Crippen LogP contribution in [-0.4, -0.2) is 41.9 Å². The summed E-state index contributed by atoms with van der Waals surface area (Å²) in [4.78, 5) is 7.39. The van der Waals surface area contributed by atoms with Crippen molar-refractivity contribution in [1.29, 1.82) is 0 Å². The Kier molecular flexibility index (Phi) is 5.16. The van der Waals surface area contributed by atoms with Crippen LogP contribution in [0.4, 0.5) is 8.78 Å². The maximum atomic E-state index is 13.3. The minimum atomic E-state index is -4.03. The summed E-state index contributed by atoms with van der Waals surface area (Å²) in [6.07, 6.45) is 3.42. The van der Waals surface area contributed by atoms with Gasteiger partial charge < -0.3 is 4.74 Å². The standard InChI is InChI=1S/C15H14ClF2N3O3S/c16-10-7-19-15(20-8-10)24-13-2-1-3-21(9-13)25(22,23)14-5-11(17)4-12(18)6-14/h4-8,13H,1-3,9H2. The van der Waals surface area contributed by atoms with Gasteiger partial charge in [-0.2, -0.15) is 4.31 Å². The van der Waals surface area contributed by atoms with E-state index in [1.165, 1.54) is 12.4 Å². The van der Waals surface area contributed by atoms with E-state index in [2.05, 4.69) is 9.97 Å². The molecule has 0 amide bonds. The Morgan fingerprint density at radius 2 is 1.80 bits per heavy atom. The summed E-state index contributed by atoms with van der Waals surface area (Å²) in [5.41, 5.74) is 0. The zero-order valence-corrected chi connectivity index (χ0v) is 14.5. The lowest BCUT2D eigenvalue weighted by molar-refractivity contribution is 0.119. The predicted molar refractivity (Wildman–Crippen MR) is 85.8 cm³/mol. The molecule has 1 atom stereocenters. The van der Waals surface area contributed by atoms with Crippen molar-refractivity contribution in [3.05, 3.63) is 47.2 Å². The van der Waals surface area contributed by atoms with Gasteiger partial charge in [0.2, 0.25) is 10.0 Å². The van der Waals surface area contributed by atoms with E-state index in [-0.39, 0.29) is 19.1 Å². The average molecular weight is 390 g/mol. The topological polar surface area (TPSA) is 72.4 Å². The van der Waals surface area contributed by atoms with Gasteiger partial charge in [-0.05, 0) is 25.0 Å². The molecule has 1 fully saturated rings.